The number of hydrogen-bond donors (Lipinski definition) is 1. The number of aromatic amines is 1. The number of fused-ring (bicyclic) bond motifs is 2. The van der Waals surface area contributed by atoms with Gasteiger partial charge in [-0.25, -0.2) is 0 Å². The van der Waals surface area contributed by atoms with E-state index >= 15 is 0 Å². The number of rotatable bonds is 2. The molecule has 3 aromatic rings. The van der Waals surface area contributed by atoms with Crippen LogP contribution in [0.15, 0.2) is 42.6 Å². The normalized spacial score (nSPS) is 14.0. The second kappa shape index (κ2) is 4.53. The second-order valence-electron chi connectivity index (χ2n) is 5.45. The molecular formula is C17H13N3O2. The third-order valence-electron chi connectivity index (χ3n) is 3.90. The Kier molecular flexibility index (Phi) is 2.63. The van der Waals surface area contributed by atoms with Crippen LogP contribution in [0.25, 0.3) is 10.9 Å². The quantitative estimate of drug-likeness (QED) is 0.738. The number of imide groups is 1. The molecule has 0 saturated carbocycles. The summed E-state index contributed by atoms with van der Waals surface area (Å²) in [5.41, 5.74) is 3.64. The van der Waals surface area contributed by atoms with Crippen molar-refractivity contribution in [1.82, 2.24) is 14.9 Å². The molecule has 4 rings (SSSR count). The van der Waals surface area contributed by atoms with E-state index in [9.17, 15) is 9.59 Å². The van der Waals surface area contributed by atoms with Gasteiger partial charge >= 0.3 is 0 Å². The predicted octanol–water partition coefficient (Wildman–Crippen LogP) is 2.67. The highest BCUT2D eigenvalue weighted by molar-refractivity contribution is 6.21. The zero-order chi connectivity index (χ0) is 15.3. The van der Waals surface area contributed by atoms with Crippen molar-refractivity contribution in [3.05, 3.63) is 65.1 Å². The lowest BCUT2D eigenvalue weighted by molar-refractivity contribution is 0.0640. The van der Waals surface area contributed by atoms with Gasteiger partial charge in [0.1, 0.15) is 0 Å². The Hall–Kier alpha value is -2.95. The Morgan fingerprint density at radius 3 is 2.45 bits per heavy atom. The van der Waals surface area contributed by atoms with Crippen LogP contribution in [-0.4, -0.2) is 26.7 Å². The average molecular weight is 291 g/mol. The summed E-state index contributed by atoms with van der Waals surface area (Å²) in [5, 5.41) is 0.970. The van der Waals surface area contributed by atoms with E-state index in [-0.39, 0.29) is 18.4 Å². The van der Waals surface area contributed by atoms with E-state index in [4.69, 9.17) is 0 Å². The first-order valence-corrected chi connectivity index (χ1v) is 7.03. The highest BCUT2D eigenvalue weighted by atomic mass is 16.2. The topological polar surface area (TPSA) is 66.1 Å². The molecule has 1 N–H and O–H groups in total. The molecule has 108 valence electrons. The summed E-state index contributed by atoms with van der Waals surface area (Å²) in [6.45, 7) is 2.16. The number of benzene rings is 1. The third kappa shape index (κ3) is 1.83. The Bertz CT molecular complexity index is 892. The summed E-state index contributed by atoms with van der Waals surface area (Å²) in [6, 6.07) is 10.8. The van der Waals surface area contributed by atoms with Crippen LogP contribution < -0.4 is 0 Å². The first-order valence-electron chi connectivity index (χ1n) is 7.03. The fraction of sp³-hybridized carbons (Fsp3) is 0.118. The maximum atomic E-state index is 12.4. The number of hydrogen-bond acceptors (Lipinski definition) is 3. The molecule has 0 radical (unpaired) electrons. The summed E-state index contributed by atoms with van der Waals surface area (Å²) in [6.07, 6.45) is 1.78. The van der Waals surface area contributed by atoms with Crippen LogP contribution in [-0.2, 0) is 6.54 Å². The molecule has 1 aliphatic heterocycles. The van der Waals surface area contributed by atoms with Gasteiger partial charge in [-0.15, -0.1) is 0 Å². The number of carbonyl (C=O) groups excluding carboxylic acids is 2. The highest BCUT2D eigenvalue weighted by Gasteiger charge is 2.35. The molecule has 0 atom stereocenters. The van der Waals surface area contributed by atoms with Crippen molar-refractivity contribution in [2.24, 2.45) is 0 Å². The maximum absolute atomic E-state index is 12.4. The van der Waals surface area contributed by atoms with Gasteiger partial charge in [0, 0.05) is 28.5 Å². The van der Waals surface area contributed by atoms with Crippen molar-refractivity contribution in [1.29, 1.82) is 0 Å². The van der Waals surface area contributed by atoms with E-state index in [1.807, 2.05) is 19.1 Å². The number of nitrogens with one attached hydrogen (secondary N) is 1. The molecule has 5 nitrogen and oxygen atoms in total. The molecule has 2 aromatic heterocycles. The standard InChI is InChI=1S/C17H13N3O2/c1-10-6-15-11(8-18-10)7-12(19-15)9-20-16(21)13-4-2-3-5-14(13)17(20)22/h2-8,19H,9H2,1H3. The Morgan fingerprint density at radius 1 is 1.09 bits per heavy atom. The van der Waals surface area contributed by atoms with Crippen molar-refractivity contribution in [3.63, 3.8) is 0 Å². The van der Waals surface area contributed by atoms with E-state index in [0.717, 1.165) is 22.3 Å². The van der Waals surface area contributed by atoms with Crippen molar-refractivity contribution >= 4 is 22.7 Å². The predicted molar refractivity (Wildman–Crippen MR) is 81.5 cm³/mol. The number of amides is 2. The zero-order valence-corrected chi connectivity index (χ0v) is 12.0. The van der Waals surface area contributed by atoms with Gasteiger partial charge in [-0.3, -0.25) is 19.5 Å². The number of aryl methyl sites for hydroxylation is 1. The smallest absolute Gasteiger partial charge is 0.261 e. The van der Waals surface area contributed by atoms with Gasteiger partial charge < -0.3 is 4.98 Å². The number of aromatic nitrogens is 2. The monoisotopic (exact) mass is 291 g/mol. The summed E-state index contributed by atoms with van der Waals surface area (Å²) in [7, 11) is 0. The van der Waals surface area contributed by atoms with Crippen LogP contribution in [0.2, 0.25) is 0 Å². The first-order chi connectivity index (χ1) is 10.6. The number of nitrogens with zero attached hydrogens (tertiary/aromatic N) is 2. The van der Waals surface area contributed by atoms with Crippen molar-refractivity contribution in [2.75, 3.05) is 0 Å². The molecule has 1 aromatic carbocycles. The van der Waals surface area contributed by atoms with Gasteiger partial charge in [-0.2, -0.15) is 0 Å². The minimum atomic E-state index is -0.242. The lowest BCUT2D eigenvalue weighted by atomic mass is 10.1. The molecule has 5 heteroatoms. The molecule has 22 heavy (non-hydrogen) atoms. The largest absolute Gasteiger partial charge is 0.357 e. The minimum Gasteiger partial charge on any atom is -0.357 e. The summed E-state index contributed by atoms with van der Waals surface area (Å²) in [4.78, 5) is 33.5. The maximum Gasteiger partial charge on any atom is 0.261 e. The van der Waals surface area contributed by atoms with Gasteiger partial charge in [0.25, 0.3) is 11.8 Å². The molecule has 0 saturated heterocycles. The third-order valence-corrected chi connectivity index (χ3v) is 3.90. The van der Waals surface area contributed by atoms with Crippen molar-refractivity contribution < 1.29 is 9.59 Å². The van der Waals surface area contributed by atoms with Crippen LogP contribution in [0.3, 0.4) is 0 Å². The SMILES string of the molecule is Cc1cc2[nH]c(CN3C(=O)c4ccccc4C3=O)cc2cn1. The Labute approximate surface area is 126 Å². The molecule has 0 aliphatic carbocycles. The van der Waals surface area contributed by atoms with Crippen LogP contribution >= 0.6 is 0 Å². The summed E-state index contributed by atoms with van der Waals surface area (Å²) in [5.74, 6) is -0.484. The number of carbonyl (C=O) groups is 2. The zero-order valence-electron chi connectivity index (χ0n) is 12.0. The fourth-order valence-corrected chi connectivity index (χ4v) is 2.83. The Balaban J connectivity index is 1.69. The first kappa shape index (κ1) is 12.8. The minimum absolute atomic E-state index is 0.236. The van der Waals surface area contributed by atoms with Crippen molar-refractivity contribution in [3.8, 4) is 0 Å². The van der Waals surface area contributed by atoms with Crippen LogP contribution in [0.1, 0.15) is 32.1 Å². The lowest BCUT2D eigenvalue weighted by Gasteiger charge is -2.12. The molecular weight excluding hydrogens is 278 g/mol. The number of H-pyrrole nitrogens is 1. The molecule has 1 aliphatic rings. The fourth-order valence-electron chi connectivity index (χ4n) is 2.83. The van der Waals surface area contributed by atoms with Crippen LogP contribution in [0.4, 0.5) is 0 Å². The van der Waals surface area contributed by atoms with E-state index in [0.29, 0.717) is 11.1 Å². The molecule has 0 bridgehead atoms. The second-order valence-corrected chi connectivity index (χ2v) is 5.45. The van der Waals surface area contributed by atoms with Gasteiger partial charge in [-0.05, 0) is 31.2 Å². The van der Waals surface area contributed by atoms with E-state index in [1.54, 1.807) is 30.5 Å². The average Bonchev–Trinajstić information content (AvgIpc) is 3.02. The van der Waals surface area contributed by atoms with E-state index in [2.05, 4.69) is 9.97 Å². The van der Waals surface area contributed by atoms with E-state index in [1.165, 1.54) is 4.90 Å². The molecule has 0 unspecified atom stereocenters. The summed E-state index contributed by atoms with van der Waals surface area (Å²) < 4.78 is 0. The highest BCUT2D eigenvalue weighted by Crippen LogP contribution is 2.25. The van der Waals surface area contributed by atoms with Gasteiger partial charge in [0.2, 0.25) is 0 Å². The molecule has 0 spiro atoms. The molecule has 3 heterocycles. The molecule has 2 amide bonds. The Morgan fingerprint density at radius 2 is 1.77 bits per heavy atom. The van der Waals surface area contributed by atoms with Gasteiger partial charge in [-0.1, -0.05) is 12.1 Å². The molecule has 0 fully saturated rings. The van der Waals surface area contributed by atoms with Crippen molar-refractivity contribution in [2.45, 2.75) is 13.5 Å². The van der Waals surface area contributed by atoms with Crippen LogP contribution in [0, 0.1) is 6.92 Å². The van der Waals surface area contributed by atoms with Gasteiger partial charge in [0.05, 0.1) is 17.7 Å². The van der Waals surface area contributed by atoms with Crippen LogP contribution in [0.5, 0.6) is 0 Å². The number of pyridine rings is 1. The lowest BCUT2D eigenvalue weighted by Crippen LogP contribution is -2.29. The van der Waals surface area contributed by atoms with E-state index < -0.39 is 0 Å². The summed E-state index contributed by atoms with van der Waals surface area (Å²) >= 11 is 0. The van der Waals surface area contributed by atoms with Gasteiger partial charge in [0.15, 0.2) is 0 Å².